The second-order valence-corrected chi connectivity index (χ2v) is 8.08. The molecule has 3 rings (SSSR count). The summed E-state index contributed by atoms with van der Waals surface area (Å²) in [6.07, 6.45) is -1.64. The molecular weight excluding hydrogens is 446 g/mol. The Morgan fingerprint density at radius 1 is 1.14 bits per heavy atom. The van der Waals surface area contributed by atoms with Crippen molar-refractivity contribution in [3.63, 3.8) is 0 Å². The van der Waals surface area contributed by atoms with Crippen molar-refractivity contribution in [2.75, 3.05) is 0 Å². The van der Waals surface area contributed by atoms with Crippen molar-refractivity contribution in [3.05, 3.63) is 68.0 Å². The first-order chi connectivity index (χ1) is 13.2. The lowest BCUT2D eigenvalue weighted by Crippen LogP contribution is -2.29. The maximum absolute atomic E-state index is 13.0. The Morgan fingerprint density at radius 2 is 1.79 bits per heavy atom. The lowest BCUT2D eigenvalue weighted by Gasteiger charge is -2.24. The number of hydrogen-bond donors (Lipinski definition) is 1. The number of fused-ring (bicyclic) bond motifs is 1. The number of carbonyl (C=O) groups is 1. The maximum Gasteiger partial charge on any atom is 0.339 e. The third-order valence-electron chi connectivity index (χ3n) is 4.42. The van der Waals surface area contributed by atoms with Crippen molar-refractivity contribution in [2.24, 2.45) is 7.05 Å². The van der Waals surface area contributed by atoms with Crippen LogP contribution in [0.4, 0.5) is 0 Å². The lowest BCUT2D eigenvalue weighted by molar-refractivity contribution is -0.154. The normalized spacial score (nSPS) is 12.5. The van der Waals surface area contributed by atoms with Crippen molar-refractivity contribution < 1.29 is 14.6 Å². The van der Waals surface area contributed by atoms with E-state index in [-0.39, 0.29) is 11.7 Å². The fourth-order valence-corrected chi connectivity index (χ4v) is 3.73. The van der Waals surface area contributed by atoms with Crippen LogP contribution >= 0.6 is 27.5 Å². The van der Waals surface area contributed by atoms with Crippen molar-refractivity contribution in [3.8, 4) is 11.1 Å². The highest BCUT2D eigenvalue weighted by molar-refractivity contribution is 9.10. The zero-order valence-corrected chi connectivity index (χ0v) is 17.9. The number of hydrogen-bond acceptors (Lipinski definition) is 3. The predicted octanol–water partition coefficient (Wildman–Crippen LogP) is 5.17. The van der Waals surface area contributed by atoms with Gasteiger partial charge in [0.25, 0.3) is 5.56 Å². The van der Waals surface area contributed by atoms with Crippen molar-refractivity contribution >= 4 is 44.3 Å². The lowest BCUT2D eigenvalue weighted by atomic mass is 9.94. The zero-order valence-electron chi connectivity index (χ0n) is 15.6. The van der Waals surface area contributed by atoms with Crippen LogP contribution in [0.3, 0.4) is 0 Å². The minimum atomic E-state index is -1.30. The van der Waals surface area contributed by atoms with Gasteiger partial charge in [-0.3, -0.25) is 4.79 Å². The van der Waals surface area contributed by atoms with Crippen LogP contribution < -0.4 is 5.56 Å². The van der Waals surface area contributed by atoms with Gasteiger partial charge in [0, 0.05) is 27.5 Å². The van der Waals surface area contributed by atoms with Gasteiger partial charge >= 0.3 is 5.97 Å². The van der Waals surface area contributed by atoms with Gasteiger partial charge in [-0.15, -0.1) is 0 Å². The van der Waals surface area contributed by atoms with Gasteiger partial charge in [0.15, 0.2) is 6.10 Å². The Labute approximate surface area is 175 Å². The fraction of sp³-hybridized carbons (Fsp3) is 0.238. The van der Waals surface area contributed by atoms with Gasteiger partial charge in [-0.05, 0) is 55.1 Å². The average Bonchev–Trinajstić information content (AvgIpc) is 2.63. The van der Waals surface area contributed by atoms with Crippen LogP contribution in [0.25, 0.3) is 21.9 Å². The summed E-state index contributed by atoms with van der Waals surface area (Å²) < 4.78 is 7.85. The highest BCUT2D eigenvalue weighted by Crippen LogP contribution is 2.37. The van der Waals surface area contributed by atoms with E-state index in [2.05, 4.69) is 15.9 Å². The van der Waals surface area contributed by atoms with Crippen LogP contribution in [0.1, 0.15) is 25.6 Å². The number of nitrogens with zero attached hydrogens (tertiary/aromatic N) is 1. The van der Waals surface area contributed by atoms with E-state index >= 15 is 0 Å². The molecule has 5 nitrogen and oxygen atoms in total. The SMILES string of the molecule is CC(C)OC(C(=O)O)c1c(-c2ccc(Cl)cc2)c2cc(Br)ccc2c(=O)n1C. The first kappa shape index (κ1) is 20.6. The third-order valence-corrected chi connectivity index (χ3v) is 5.16. The van der Waals surface area contributed by atoms with Crippen LogP contribution in [0, 0.1) is 0 Å². The number of carboxylic acids is 1. The molecule has 7 heteroatoms. The first-order valence-corrected chi connectivity index (χ1v) is 9.84. The molecule has 1 heterocycles. The Kier molecular flexibility index (Phi) is 5.93. The summed E-state index contributed by atoms with van der Waals surface area (Å²) in [5.41, 5.74) is 1.38. The van der Waals surface area contributed by atoms with Gasteiger partial charge in [-0.1, -0.05) is 39.7 Å². The molecular formula is C21H19BrClNO4. The molecule has 0 spiro atoms. The zero-order chi connectivity index (χ0) is 20.6. The number of ether oxygens (including phenoxy) is 1. The summed E-state index contributed by atoms with van der Waals surface area (Å²) in [6, 6.07) is 12.4. The molecule has 146 valence electrons. The summed E-state index contributed by atoms with van der Waals surface area (Å²) in [5.74, 6) is -1.16. The maximum atomic E-state index is 13.0. The second kappa shape index (κ2) is 8.07. The number of halogens is 2. The molecule has 0 amide bonds. The van der Waals surface area contributed by atoms with E-state index in [1.54, 1.807) is 57.3 Å². The van der Waals surface area contributed by atoms with Crippen LogP contribution in [-0.2, 0) is 16.6 Å². The number of carboxylic acid groups (broad SMARTS) is 1. The van der Waals surface area contributed by atoms with Gasteiger partial charge < -0.3 is 14.4 Å². The van der Waals surface area contributed by atoms with Gasteiger partial charge in [0.2, 0.25) is 0 Å². The molecule has 28 heavy (non-hydrogen) atoms. The Balaban J connectivity index is 2.49. The molecule has 1 unspecified atom stereocenters. The number of benzene rings is 2. The van der Waals surface area contributed by atoms with Crippen LogP contribution in [0.15, 0.2) is 51.7 Å². The molecule has 0 radical (unpaired) electrons. The molecule has 0 saturated heterocycles. The van der Waals surface area contributed by atoms with E-state index < -0.39 is 12.1 Å². The van der Waals surface area contributed by atoms with Crippen LogP contribution in [-0.4, -0.2) is 21.7 Å². The molecule has 3 aromatic rings. The molecule has 0 saturated carbocycles. The Bertz CT molecular complexity index is 1110. The average molecular weight is 465 g/mol. The number of rotatable bonds is 5. The van der Waals surface area contributed by atoms with Gasteiger partial charge in [0.1, 0.15) is 0 Å². The van der Waals surface area contributed by atoms with E-state index in [0.717, 1.165) is 10.0 Å². The van der Waals surface area contributed by atoms with Crippen molar-refractivity contribution in [1.29, 1.82) is 0 Å². The molecule has 2 aromatic carbocycles. The topological polar surface area (TPSA) is 68.5 Å². The third kappa shape index (κ3) is 3.85. The quantitative estimate of drug-likeness (QED) is 0.565. The summed E-state index contributed by atoms with van der Waals surface area (Å²) in [6.45, 7) is 3.52. The van der Waals surface area contributed by atoms with E-state index in [0.29, 0.717) is 27.1 Å². The van der Waals surface area contributed by atoms with E-state index in [4.69, 9.17) is 16.3 Å². The summed E-state index contributed by atoms with van der Waals surface area (Å²) in [7, 11) is 1.57. The van der Waals surface area contributed by atoms with Crippen molar-refractivity contribution in [2.45, 2.75) is 26.1 Å². The highest BCUT2D eigenvalue weighted by atomic mass is 79.9. The van der Waals surface area contributed by atoms with Crippen molar-refractivity contribution in [1.82, 2.24) is 4.57 Å². The number of pyridine rings is 1. The number of aromatic nitrogens is 1. The molecule has 0 bridgehead atoms. The number of aliphatic carboxylic acids is 1. The van der Waals surface area contributed by atoms with E-state index in [1.165, 1.54) is 4.57 Å². The van der Waals surface area contributed by atoms with E-state index in [9.17, 15) is 14.7 Å². The van der Waals surface area contributed by atoms with Crippen LogP contribution in [0.5, 0.6) is 0 Å². The summed E-state index contributed by atoms with van der Waals surface area (Å²) in [5, 5.41) is 11.6. The smallest absolute Gasteiger partial charge is 0.339 e. The Morgan fingerprint density at radius 3 is 2.36 bits per heavy atom. The van der Waals surface area contributed by atoms with Gasteiger partial charge in [-0.2, -0.15) is 0 Å². The summed E-state index contributed by atoms with van der Waals surface area (Å²) >= 11 is 9.49. The first-order valence-electron chi connectivity index (χ1n) is 8.67. The molecule has 1 atom stereocenters. The minimum absolute atomic E-state index is 0.284. The molecule has 0 aliphatic heterocycles. The molecule has 1 N–H and O–H groups in total. The van der Waals surface area contributed by atoms with Crippen LogP contribution in [0.2, 0.25) is 5.02 Å². The minimum Gasteiger partial charge on any atom is -0.479 e. The van der Waals surface area contributed by atoms with E-state index in [1.807, 2.05) is 6.07 Å². The fourth-order valence-electron chi connectivity index (χ4n) is 3.24. The second-order valence-electron chi connectivity index (χ2n) is 6.72. The Hall–Kier alpha value is -2.15. The highest BCUT2D eigenvalue weighted by Gasteiger charge is 2.30. The van der Waals surface area contributed by atoms with Gasteiger partial charge in [0.05, 0.1) is 11.8 Å². The molecule has 1 aromatic heterocycles. The molecule has 0 aliphatic rings. The molecule has 0 aliphatic carbocycles. The predicted molar refractivity (Wildman–Crippen MR) is 114 cm³/mol. The van der Waals surface area contributed by atoms with Gasteiger partial charge in [-0.25, -0.2) is 4.79 Å². The standard InChI is InChI=1S/C21H19BrClNO4/c1-11(2)28-19(21(26)27)18-17(12-4-7-14(23)8-5-12)16-10-13(22)6-9-15(16)20(25)24(18)3/h4-11,19H,1-3H3,(H,26,27). The summed E-state index contributed by atoms with van der Waals surface area (Å²) in [4.78, 5) is 25.1. The monoisotopic (exact) mass is 463 g/mol. The largest absolute Gasteiger partial charge is 0.479 e. The molecule has 0 fully saturated rings.